The summed E-state index contributed by atoms with van der Waals surface area (Å²) in [5, 5.41) is 8.51. The minimum atomic E-state index is -1.08. The van der Waals surface area contributed by atoms with Gasteiger partial charge in [0.1, 0.15) is 12.6 Å². The van der Waals surface area contributed by atoms with E-state index in [9.17, 15) is 19.2 Å². The van der Waals surface area contributed by atoms with Gasteiger partial charge in [0.15, 0.2) is 0 Å². The lowest BCUT2D eigenvalue weighted by Gasteiger charge is -2.30. The maximum absolute atomic E-state index is 14.6. The zero-order valence-electron chi connectivity index (χ0n) is 26.0. The minimum Gasteiger partial charge on any atom is -0.350 e. The predicted molar refractivity (Wildman–Crippen MR) is 179 cm³/mol. The van der Waals surface area contributed by atoms with Gasteiger partial charge in [0.25, 0.3) is 5.91 Å². The normalized spacial score (nSPS) is 11.3. The first-order chi connectivity index (χ1) is 21.6. The molecule has 1 unspecified atom stereocenters. The van der Waals surface area contributed by atoms with Gasteiger partial charge < -0.3 is 25.8 Å². The van der Waals surface area contributed by atoms with E-state index < -0.39 is 18.0 Å². The van der Waals surface area contributed by atoms with E-state index in [0.29, 0.717) is 11.4 Å². The van der Waals surface area contributed by atoms with Crippen LogP contribution in [0.2, 0.25) is 0 Å². The number of hydrogen-bond donors (Lipinski definition) is 3. The van der Waals surface area contributed by atoms with Gasteiger partial charge >= 0.3 is 6.03 Å². The monoisotopic (exact) mass is 605 g/mol. The van der Waals surface area contributed by atoms with Crippen molar-refractivity contribution >= 4 is 40.8 Å². The minimum absolute atomic E-state index is 0.153. The molecule has 0 saturated carbocycles. The number of hydrogen-bond acceptors (Lipinski definition) is 4. The molecule has 232 valence electrons. The smallest absolute Gasteiger partial charge is 0.319 e. The molecule has 4 rings (SSSR count). The maximum atomic E-state index is 14.6. The summed E-state index contributed by atoms with van der Waals surface area (Å²) in [6.07, 6.45) is 0.153. The van der Waals surface area contributed by atoms with Crippen molar-refractivity contribution in [2.45, 2.75) is 39.3 Å². The van der Waals surface area contributed by atoms with Crippen molar-refractivity contribution in [2.75, 3.05) is 28.7 Å². The van der Waals surface area contributed by atoms with Gasteiger partial charge in [-0.05, 0) is 68.3 Å². The van der Waals surface area contributed by atoms with Crippen LogP contribution in [-0.2, 0) is 16.0 Å². The Morgan fingerprint density at radius 1 is 0.756 bits per heavy atom. The quantitative estimate of drug-likeness (QED) is 0.208. The molecule has 0 bridgehead atoms. The summed E-state index contributed by atoms with van der Waals surface area (Å²) in [6.45, 7) is 5.23. The topological polar surface area (TPSA) is 111 Å². The summed E-state index contributed by atoms with van der Waals surface area (Å²) in [7, 11) is 1.63. The van der Waals surface area contributed by atoms with Crippen LogP contribution < -0.4 is 25.8 Å². The number of urea groups is 1. The first-order valence-corrected chi connectivity index (χ1v) is 14.8. The highest BCUT2D eigenvalue weighted by Crippen LogP contribution is 2.24. The highest BCUT2D eigenvalue weighted by molar-refractivity contribution is 6.10. The fourth-order valence-corrected chi connectivity index (χ4v) is 4.85. The number of nitrogens with one attached hydrogen (secondary N) is 3. The number of rotatable bonds is 11. The molecule has 0 aromatic heterocycles. The van der Waals surface area contributed by atoms with E-state index in [1.165, 1.54) is 9.80 Å². The molecule has 0 aliphatic rings. The lowest BCUT2D eigenvalue weighted by atomic mass is 10.0. The fraction of sp³-hybridized carbons (Fsp3) is 0.222. The summed E-state index contributed by atoms with van der Waals surface area (Å²) >= 11 is 0. The first-order valence-electron chi connectivity index (χ1n) is 14.8. The average Bonchev–Trinajstić information content (AvgIpc) is 3.03. The van der Waals surface area contributed by atoms with Crippen LogP contribution in [0.15, 0.2) is 109 Å². The van der Waals surface area contributed by atoms with Crippen molar-refractivity contribution in [1.82, 2.24) is 10.6 Å². The van der Waals surface area contributed by atoms with Crippen LogP contribution in [0.4, 0.5) is 21.9 Å². The second kappa shape index (κ2) is 15.3. The molecule has 0 fully saturated rings. The second-order valence-corrected chi connectivity index (χ2v) is 11.1. The van der Waals surface area contributed by atoms with Gasteiger partial charge in [-0.15, -0.1) is 0 Å². The van der Waals surface area contributed by atoms with Crippen LogP contribution in [0, 0.1) is 6.92 Å². The van der Waals surface area contributed by atoms with Crippen LogP contribution in [0.5, 0.6) is 0 Å². The van der Waals surface area contributed by atoms with E-state index >= 15 is 0 Å². The molecule has 0 heterocycles. The first kappa shape index (κ1) is 32.5. The summed E-state index contributed by atoms with van der Waals surface area (Å²) in [4.78, 5) is 57.6. The SMILES string of the molecule is Cc1cccc(NC(=O)NC(Cc2ccccc2)C(=O)N(CC(=O)N(C)c2ccccc2)c2ccccc2C(=O)NC(C)C)c1. The number of benzene rings is 4. The highest BCUT2D eigenvalue weighted by Gasteiger charge is 2.32. The van der Waals surface area contributed by atoms with Crippen molar-refractivity contribution in [2.24, 2.45) is 0 Å². The Morgan fingerprint density at radius 3 is 2.07 bits per heavy atom. The second-order valence-electron chi connectivity index (χ2n) is 11.1. The summed E-state index contributed by atoms with van der Waals surface area (Å²) in [5.74, 6) is -1.30. The van der Waals surface area contributed by atoms with Gasteiger partial charge in [-0.1, -0.05) is 72.8 Å². The van der Waals surface area contributed by atoms with Crippen molar-refractivity contribution in [3.05, 3.63) is 126 Å². The molecular weight excluding hydrogens is 566 g/mol. The predicted octanol–water partition coefficient (Wildman–Crippen LogP) is 5.56. The molecule has 3 N–H and O–H groups in total. The van der Waals surface area contributed by atoms with Crippen LogP contribution in [-0.4, -0.2) is 49.4 Å². The highest BCUT2D eigenvalue weighted by atomic mass is 16.2. The third-order valence-electron chi connectivity index (χ3n) is 7.10. The van der Waals surface area contributed by atoms with Crippen LogP contribution in [0.25, 0.3) is 0 Å². The van der Waals surface area contributed by atoms with Crippen molar-refractivity contribution in [1.29, 1.82) is 0 Å². The van der Waals surface area contributed by atoms with E-state index in [-0.39, 0.29) is 42.1 Å². The number of carbonyl (C=O) groups is 4. The number of amides is 5. The zero-order valence-corrected chi connectivity index (χ0v) is 26.0. The summed E-state index contributed by atoms with van der Waals surface area (Å²) in [6, 6.07) is 30.6. The van der Waals surface area contributed by atoms with E-state index in [1.54, 1.807) is 49.5 Å². The zero-order chi connectivity index (χ0) is 32.3. The van der Waals surface area contributed by atoms with Crippen LogP contribution >= 0.6 is 0 Å². The molecule has 0 aliphatic carbocycles. The van der Waals surface area contributed by atoms with E-state index in [4.69, 9.17) is 0 Å². The molecule has 0 aliphatic heterocycles. The number of likely N-dealkylation sites (N-methyl/N-ethyl adjacent to an activating group) is 1. The van der Waals surface area contributed by atoms with E-state index in [0.717, 1.165) is 11.1 Å². The third-order valence-corrected chi connectivity index (χ3v) is 7.10. The standard InChI is InChI=1S/C36H39N5O4/c1-25(2)37-34(43)30-20-11-12-21-32(30)41(24-33(42)40(4)29-18-9-6-10-19-29)35(44)31(23-27-15-7-5-8-16-27)39-36(45)38-28-17-13-14-26(3)22-28/h5-22,25,31H,23-24H2,1-4H3,(H,37,43)(H2,38,39,45). The van der Waals surface area contributed by atoms with Gasteiger partial charge in [-0.2, -0.15) is 0 Å². The number of para-hydroxylation sites is 2. The number of aryl methyl sites for hydroxylation is 1. The molecule has 9 heteroatoms. The fourth-order valence-electron chi connectivity index (χ4n) is 4.85. The lowest BCUT2D eigenvalue weighted by Crippen LogP contribution is -2.53. The molecule has 4 aromatic carbocycles. The largest absolute Gasteiger partial charge is 0.350 e. The molecule has 0 saturated heterocycles. The average molecular weight is 606 g/mol. The van der Waals surface area contributed by atoms with Gasteiger partial charge in [0, 0.05) is 30.9 Å². The van der Waals surface area contributed by atoms with Gasteiger partial charge in [-0.25, -0.2) is 4.79 Å². The summed E-state index contributed by atoms with van der Waals surface area (Å²) in [5.41, 5.74) is 3.49. The Kier molecular flexibility index (Phi) is 11.1. The number of nitrogens with zero attached hydrogens (tertiary/aromatic N) is 2. The molecule has 0 spiro atoms. The Morgan fingerprint density at radius 2 is 1.40 bits per heavy atom. The maximum Gasteiger partial charge on any atom is 0.319 e. The third kappa shape index (κ3) is 9.03. The lowest BCUT2D eigenvalue weighted by molar-refractivity contribution is -0.123. The van der Waals surface area contributed by atoms with Crippen LogP contribution in [0.3, 0.4) is 0 Å². The van der Waals surface area contributed by atoms with Gasteiger partial charge in [-0.3, -0.25) is 14.4 Å². The number of anilines is 3. The molecule has 4 aromatic rings. The van der Waals surface area contributed by atoms with Crippen molar-refractivity contribution < 1.29 is 19.2 Å². The van der Waals surface area contributed by atoms with Gasteiger partial charge in [0.2, 0.25) is 11.8 Å². The molecule has 5 amide bonds. The van der Waals surface area contributed by atoms with Crippen molar-refractivity contribution in [3.63, 3.8) is 0 Å². The number of carbonyl (C=O) groups excluding carboxylic acids is 4. The van der Waals surface area contributed by atoms with Crippen molar-refractivity contribution in [3.8, 4) is 0 Å². The molecule has 45 heavy (non-hydrogen) atoms. The molecule has 1 atom stereocenters. The molecular formula is C36H39N5O4. The Hall–Kier alpha value is -5.44. The Balaban J connectivity index is 1.73. The Labute approximate surface area is 264 Å². The molecule has 0 radical (unpaired) electrons. The Bertz CT molecular complexity index is 1630. The van der Waals surface area contributed by atoms with Crippen LogP contribution in [0.1, 0.15) is 35.3 Å². The molecule has 9 nitrogen and oxygen atoms in total. The van der Waals surface area contributed by atoms with E-state index in [2.05, 4.69) is 16.0 Å². The van der Waals surface area contributed by atoms with Gasteiger partial charge in [0.05, 0.1) is 11.3 Å². The summed E-state index contributed by atoms with van der Waals surface area (Å²) < 4.78 is 0. The van der Waals surface area contributed by atoms with E-state index in [1.807, 2.05) is 87.5 Å².